The normalized spacial score (nSPS) is 11.3. The molecule has 15 heavy (non-hydrogen) atoms. The number of hydrogen-bond acceptors (Lipinski definition) is 5. The van der Waals surface area contributed by atoms with Crippen molar-refractivity contribution in [3.63, 3.8) is 0 Å². The van der Waals surface area contributed by atoms with Crippen LogP contribution in [0.25, 0.3) is 0 Å². The molecule has 0 aliphatic carbocycles. The monoisotopic (exact) mass is 239 g/mol. The number of ether oxygens (including phenoxy) is 1. The second-order valence-electron chi connectivity index (χ2n) is 3.01. The molecular formula is C8H17NO5S. The molecule has 0 spiro atoms. The van der Waals surface area contributed by atoms with Gasteiger partial charge in [-0.15, -0.1) is 0 Å². The number of hydrogen-bond donors (Lipinski definition) is 2. The molecule has 0 rings (SSSR count). The summed E-state index contributed by atoms with van der Waals surface area (Å²) in [5.41, 5.74) is 0. The van der Waals surface area contributed by atoms with Crippen LogP contribution in [-0.4, -0.2) is 45.5 Å². The predicted molar refractivity (Wildman–Crippen MR) is 54.7 cm³/mol. The van der Waals surface area contributed by atoms with Crippen molar-refractivity contribution < 1.29 is 23.1 Å². The van der Waals surface area contributed by atoms with Crippen molar-refractivity contribution in [2.45, 2.75) is 19.3 Å². The SMILES string of the molecule is COC(=O)CS(=O)(=O)NCCCCCO. The third-order valence-electron chi connectivity index (χ3n) is 1.69. The standard InChI is InChI=1S/C8H17NO5S/c1-14-8(11)7-15(12,13)9-5-3-2-4-6-10/h9-10H,2-7H2,1H3. The van der Waals surface area contributed by atoms with Crippen LogP contribution in [0, 0.1) is 0 Å². The van der Waals surface area contributed by atoms with Crippen LogP contribution in [0.3, 0.4) is 0 Å². The van der Waals surface area contributed by atoms with Gasteiger partial charge in [-0.1, -0.05) is 0 Å². The minimum atomic E-state index is -3.57. The molecular weight excluding hydrogens is 222 g/mol. The zero-order valence-corrected chi connectivity index (χ0v) is 9.55. The molecule has 6 nitrogen and oxygen atoms in total. The highest BCUT2D eigenvalue weighted by Gasteiger charge is 2.15. The molecule has 0 bridgehead atoms. The van der Waals surface area contributed by atoms with Crippen LogP contribution in [0.2, 0.25) is 0 Å². The molecule has 7 heteroatoms. The summed E-state index contributed by atoms with van der Waals surface area (Å²) in [4.78, 5) is 10.7. The number of nitrogens with one attached hydrogen (secondary N) is 1. The molecule has 0 saturated heterocycles. The maximum absolute atomic E-state index is 11.2. The number of carbonyl (C=O) groups is 1. The van der Waals surface area contributed by atoms with E-state index in [0.717, 1.165) is 13.5 Å². The van der Waals surface area contributed by atoms with Crippen molar-refractivity contribution in [2.24, 2.45) is 0 Å². The lowest BCUT2D eigenvalue weighted by Gasteiger charge is -2.04. The molecule has 0 aliphatic heterocycles. The summed E-state index contributed by atoms with van der Waals surface area (Å²) in [6, 6.07) is 0. The van der Waals surface area contributed by atoms with Gasteiger partial charge < -0.3 is 9.84 Å². The third-order valence-corrected chi connectivity index (χ3v) is 2.95. The first-order valence-corrected chi connectivity index (χ1v) is 6.32. The second-order valence-corrected chi connectivity index (χ2v) is 4.82. The molecule has 0 fully saturated rings. The van der Waals surface area contributed by atoms with E-state index < -0.39 is 21.7 Å². The Hall–Kier alpha value is -0.660. The van der Waals surface area contributed by atoms with Crippen molar-refractivity contribution >= 4 is 16.0 Å². The van der Waals surface area contributed by atoms with E-state index in [4.69, 9.17) is 5.11 Å². The average Bonchev–Trinajstić information content (AvgIpc) is 2.16. The van der Waals surface area contributed by atoms with Gasteiger partial charge >= 0.3 is 5.97 Å². The van der Waals surface area contributed by atoms with E-state index in [1.54, 1.807) is 0 Å². The van der Waals surface area contributed by atoms with Crippen LogP contribution in [0.15, 0.2) is 0 Å². The molecule has 0 aliphatic rings. The molecule has 0 unspecified atom stereocenters. The molecule has 90 valence electrons. The number of unbranched alkanes of at least 4 members (excludes halogenated alkanes) is 2. The zero-order valence-electron chi connectivity index (χ0n) is 8.73. The second kappa shape index (κ2) is 7.61. The Kier molecular flexibility index (Phi) is 7.27. The maximum Gasteiger partial charge on any atom is 0.322 e. The summed E-state index contributed by atoms with van der Waals surface area (Å²) in [6.45, 7) is 0.383. The number of aliphatic hydroxyl groups is 1. The largest absolute Gasteiger partial charge is 0.468 e. The van der Waals surface area contributed by atoms with Crippen molar-refractivity contribution in [3.8, 4) is 0 Å². The van der Waals surface area contributed by atoms with Gasteiger partial charge in [0.1, 0.15) is 0 Å². The topological polar surface area (TPSA) is 92.7 Å². The number of rotatable bonds is 8. The Bertz CT molecular complexity index is 275. The smallest absolute Gasteiger partial charge is 0.322 e. The van der Waals surface area contributed by atoms with Gasteiger partial charge in [0, 0.05) is 13.2 Å². The first kappa shape index (κ1) is 14.3. The number of sulfonamides is 1. The summed E-state index contributed by atoms with van der Waals surface area (Å²) in [5.74, 6) is -1.43. The van der Waals surface area contributed by atoms with Gasteiger partial charge in [0.2, 0.25) is 10.0 Å². The maximum atomic E-state index is 11.2. The molecule has 0 aromatic rings. The Labute approximate surface area is 89.7 Å². The van der Waals surface area contributed by atoms with Crippen molar-refractivity contribution in [2.75, 3.05) is 26.0 Å². The first-order chi connectivity index (χ1) is 7.02. The first-order valence-electron chi connectivity index (χ1n) is 4.67. The van der Waals surface area contributed by atoms with Crippen LogP contribution >= 0.6 is 0 Å². The molecule has 0 radical (unpaired) electrons. The summed E-state index contributed by atoms with van der Waals surface area (Å²) in [5, 5.41) is 8.48. The highest BCUT2D eigenvalue weighted by Crippen LogP contribution is 1.94. The van der Waals surface area contributed by atoms with Gasteiger partial charge in [-0.2, -0.15) is 0 Å². The van der Waals surface area contributed by atoms with Crippen molar-refractivity contribution in [1.82, 2.24) is 4.72 Å². The Morgan fingerprint density at radius 2 is 2.00 bits per heavy atom. The lowest BCUT2D eigenvalue weighted by atomic mass is 10.2. The fourth-order valence-electron chi connectivity index (χ4n) is 0.906. The fourth-order valence-corrected chi connectivity index (χ4v) is 1.89. The van der Waals surface area contributed by atoms with Crippen LogP contribution < -0.4 is 4.72 Å². The van der Waals surface area contributed by atoms with Crippen LogP contribution in [-0.2, 0) is 19.6 Å². The van der Waals surface area contributed by atoms with Crippen molar-refractivity contribution in [3.05, 3.63) is 0 Å². The van der Waals surface area contributed by atoms with Gasteiger partial charge in [-0.25, -0.2) is 13.1 Å². The summed E-state index contributed by atoms with van der Waals surface area (Å²) >= 11 is 0. The van der Waals surface area contributed by atoms with Gasteiger partial charge in [-0.3, -0.25) is 4.79 Å². The Morgan fingerprint density at radius 1 is 1.33 bits per heavy atom. The molecule has 0 saturated carbocycles. The summed E-state index contributed by atoms with van der Waals surface area (Å²) in [7, 11) is -2.43. The van der Waals surface area contributed by atoms with Gasteiger partial charge in [0.25, 0.3) is 0 Å². The van der Waals surface area contributed by atoms with Gasteiger partial charge in [-0.05, 0) is 19.3 Å². The highest BCUT2D eigenvalue weighted by atomic mass is 32.2. The van der Waals surface area contributed by atoms with Crippen LogP contribution in [0.4, 0.5) is 0 Å². The fraction of sp³-hybridized carbons (Fsp3) is 0.875. The van der Waals surface area contributed by atoms with E-state index in [1.165, 1.54) is 0 Å². The molecule has 2 N–H and O–H groups in total. The number of methoxy groups -OCH3 is 1. The molecule has 0 heterocycles. The Balaban J connectivity index is 3.70. The lowest BCUT2D eigenvalue weighted by molar-refractivity contribution is -0.137. The van der Waals surface area contributed by atoms with E-state index in [0.29, 0.717) is 12.8 Å². The number of carbonyl (C=O) groups excluding carboxylic acids is 1. The average molecular weight is 239 g/mol. The third kappa shape index (κ3) is 8.34. The minimum Gasteiger partial charge on any atom is -0.468 e. The number of esters is 1. The van der Waals surface area contributed by atoms with E-state index in [2.05, 4.69) is 9.46 Å². The molecule has 0 aromatic carbocycles. The quantitative estimate of drug-likeness (QED) is 0.429. The lowest BCUT2D eigenvalue weighted by Crippen LogP contribution is -2.31. The summed E-state index contributed by atoms with van der Waals surface area (Å²) in [6.07, 6.45) is 2.04. The van der Waals surface area contributed by atoms with E-state index >= 15 is 0 Å². The van der Waals surface area contributed by atoms with Crippen LogP contribution in [0.5, 0.6) is 0 Å². The van der Waals surface area contributed by atoms with E-state index in [1.807, 2.05) is 0 Å². The van der Waals surface area contributed by atoms with Crippen LogP contribution in [0.1, 0.15) is 19.3 Å². The highest BCUT2D eigenvalue weighted by molar-refractivity contribution is 7.90. The molecule has 0 atom stereocenters. The van der Waals surface area contributed by atoms with E-state index in [-0.39, 0.29) is 13.2 Å². The number of aliphatic hydroxyl groups excluding tert-OH is 1. The molecule has 0 aromatic heterocycles. The zero-order chi connectivity index (χ0) is 11.7. The minimum absolute atomic E-state index is 0.106. The summed E-state index contributed by atoms with van der Waals surface area (Å²) < 4.78 is 28.9. The Morgan fingerprint density at radius 3 is 2.53 bits per heavy atom. The molecule has 0 amide bonds. The van der Waals surface area contributed by atoms with Crippen molar-refractivity contribution in [1.29, 1.82) is 0 Å². The van der Waals surface area contributed by atoms with Gasteiger partial charge in [0.05, 0.1) is 7.11 Å². The van der Waals surface area contributed by atoms with Gasteiger partial charge in [0.15, 0.2) is 5.75 Å². The van der Waals surface area contributed by atoms with E-state index in [9.17, 15) is 13.2 Å². The predicted octanol–water partition coefficient (Wildman–Crippen LogP) is -0.759.